The molecule has 0 amide bonds. The van der Waals surface area contributed by atoms with Crippen LogP contribution in [-0.4, -0.2) is 57.1 Å². The third-order valence-corrected chi connectivity index (χ3v) is 17.2. The summed E-state index contributed by atoms with van der Waals surface area (Å²) in [5.41, 5.74) is 5.43. The van der Waals surface area contributed by atoms with Crippen molar-refractivity contribution < 1.29 is 13.6 Å². The van der Waals surface area contributed by atoms with E-state index in [2.05, 4.69) is 72.7 Å². The van der Waals surface area contributed by atoms with E-state index in [9.17, 15) is 9.59 Å². The van der Waals surface area contributed by atoms with E-state index < -0.39 is 34.1 Å². The molecule has 0 radical (unpaired) electrons. The predicted molar refractivity (Wildman–Crippen MR) is 156 cm³/mol. The van der Waals surface area contributed by atoms with Crippen LogP contribution in [-0.2, 0) is 13.6 Å². The number of ether oxygens (including phenoxy) is 1. The largest absolute Gasteiger partial charge is 0.414 e. The molecule has 0 spiro atoms. The first-order chi connectivity index (χ1) is 16.7. The highest BCUT2D eigenvalue weighted by molar-refractivity contribution is 6.74. The van der Waals surface area contributed by atoms with Crippen LogP contribution in [0.4, 0.5) is 0 Å². The SMILES string of the molecule is CCCN=C(N)n1c(=O)c(C)cn([C@H]2C[C@H](O[Si](C)(C)C(C)(C)C)[C@@H](CO[Si](C)(C)C(C)(C)C)O2)c1=O. The van der Waals surface area contributed by atoms with Gasteiger partial charge in [-0.05, 0) is 49.6 Å². The van der Waals surface area contributed by atoms with Crippen LogP contribution in [0.2, 0.25) is 36.3 Å². The fourth-order valence-corrected chi connectivity index (χ4v) is 5.98. The van der Waals surface area contributed by atoms with E-state index in [4.69, 9.17) is 19.3 Å². The summed E-state index contributed by atoms with van der Waals surface area (Å²) in [5.74, 6) is -0.0980. The summed E-state index contributed by atoms with van der Waals surface area (Å²) in [6.07, 6.45) is 1.59. The van der Waals surface area contributed by atoms with E-state index in [1.54, 1.807) is 13.1 Å². The minimum Gasteiger partial charge on any atom is -0.414 e. The molecular formula is C26H50N4O5Si2. The van der Waals surface area contributed by atoms with Crippen LogP contribution < -0.4 is 17.0 Å². The molecule has 1 fully saturated rings. The molecule has 1 aromatic heterocycles. The molecule has 0 bridgehead atoms. The van der Waals surface area contributed by atoms with Gasteiger partial charge in [0.1, 0.15) is 12.3 Å². The minimum absolute atomic E-state index is 0.0147. The van der Waals surface area contributed by atoms with E-state index >= 15 is 0 Å². The van der Waals surface area contributed by atoms with Crippen molar-refractivity contribution in [3.05, 3.63) is 32.6 Å². The first-order valence-electron chi connectivity index (χ1n) is 13.4. The first kappa shape index (κ1) is 31.7. The average molecular weight is 555 g/mol. The summed E-state index contributed by atoms with van der Waals surface area (Å²) in [5, 5.41) is 0.0699. The van der Waals surface area contributed by atoms with Gasteiger partial charge in [0, 0.05) is 24.7 Å². The first-order valence-corrected chi connectivity index (χ1v) is 19.2. The van der Waals surface area contributed by atoms with Gasteiger partial charge in [0.15, 0.2) is 16.6 Å². The Bertz CT molecular complexity index is 1100. The van der Waals surface area contributed by atoms with Gasteiger partial charge in [-0.15, -0.1) is 0 Å². The second kappa shape index (κ2) is 11.3. The van der Waals surface area contributed by atoms with Crippen molar-refractivity contribution in [3.63, 3.8) is 0 Å². The Morgan fingerprint density at radius 2 is 1.68 bits per heavy atom. The molecule has 0 aliphatic carbocycles. The number of nitrogens with two attached hydrogens (primary N) is 1. The average Bonchev–Trinajstić information content (AvgIpc) is 3.13. The van der Waals surface area contributed by atoms with Crippen molar-refractivity contribution in [2.75, 3.05) is 13.2 Å². The molecule has 1 aliphatic rings. The number of aryl methyl sites for hydroxylation is 1. The molecule has 0 aromatic carbocycles. The smallest absolute Gasteiger partial charge is 0.340 e. The number of aromatic nitrogens is 2. The molecule has 2 rings (SSSR count). The molecule has 37 heavy (non-hydrogen) atoms. The summed E-state index contributed by atoms with van der Waals surface area (Å²) in [6.45, 7) is 26.5. The van der Waals surface area contributed by atoms with Crippen molar-refractivity contribution >= 4 is 22.6 Å². The van der Waals surface area contributed by atoms with Gasteiger partial charge in [0.25, 0.3) is 5.56 Å². The van der Waals surface area contributed by atoms with Gasteiger partial charge in [-0.3, -0.25) is 14.4 Å². The fourth-order valence-electron chi connectivity index (χ4n) is 3.61. The van der Waals surface area contributed by atoms with Gasteiger partial charge in [-0.1, -0.05) is 48.5 Å². The van der Waals surface area contributed by atoms with Gasteiger partial charge in [-0.25, -0.2) is 4.79 Å². The third kappa shape index (κ3) is 7.11. The molecule has 2 heterocycles. The van der Waals surface area contributed by atoms with Gasteiger partial charge < -0.3 is 19.3 Å². The molecule has 0 saturated carbocycles. The highest BCUT2D eigenvalue weighted by Crippen LogP contribution is 2.42. The Morgan fingerprint density at radius 1 is 1.11 bits per heavy atom. The van der Waals surface area contributed by atoms with Crippen LogP contribution in [0.3, 0.4) is 0 Å². The van der Waals surface area contributed by atoms with Crippen LogP contribution in [0, 0.1) is 6.92 Å². The zero-order valence-corrected chi connectivity index (χ0v) is 27.1. The van der Waals surface area contributed by atoms with E-state index in [-0.39, 0.29) is 28.2 Å². The molecule has 1 saturated heterocycles. The van der Waals surface area contributed by atoms with Gasteiger partial charge >= 0.3 is 5.69 Å². The maximum Gasteiger partial charge on any atom is 0.340 e. The number of nitrogens with zero attached hydrogens (tertiary/aromatic N) is 3. The Balaban J connectivity index is 2.49. The van der Waals surface area contributed by atoms with Crippen LogP contribution in [0.25, 0.3) is 0 Å². The molecule has 9 nitrogen and oxygen atoms in total. The lowest BCUT2D eigenvalue weighted by Gasteiger charge is -2.40. The zero-order chi connectivity index (χ0) is 28.6. The van der Waals surface area contributed by atoms with Gasteiger partial charge in [-0.2, -0.15) is 4.57 Å². The topological polar surface area (TPSA) is 110 Å². The van der Waals surface area contributed by atoms with Gasteiger partial charge in [0.05, 0.1) is 12.7 Å². The lowest BCUT2D eigenvalue weighted by atomic mass is 10.2. The monoisotopic (exact) mass is 554 g/mol. The number of hydrogen-bond acceptors (Lipinski definition) is 6. The Labute approximate surface area is 224 Å². The molecule has 0 unspecified atom stereocenters. The summed E-state index contributed by atoms with van der Waals surface area (Å²) in [6, 6.07) is 0. The van der Waals surface area contributed by atoms with Crippen molar-refractivity contribution in [2.45, 2.75) is 123 Å². The normalized spacial score (nSPS) is 22.1. The third-order valence-electron chi connectivity index (χ3n) is 8.17. The summed E-state index contributed by atoms with van der Waals surface area (Å²) < 4.78 is 22.2. The Kier molecular flexibility index (Phi) is 9.67. The second-order valence-electron chi connectivity index (χ2n) is 13.2. The predicted octanol–water partition coefficient (Wildman–Crippen LogP) is 4.59. The van der Waals surface area contributed by atoms with Crippen molar-refractivity contribution in [2.24, 2.45) is 10.7 Å². The summed E-state index contributed by atoms with van der Waals surface area (Å²) in [7, 11) is -4.17. The standard InChI is InChI=1S/C26H50N4O5Si2/c1-13-14-28-23(27)30-22(31)18(2)16-29(24(30)32)21-15-19(35-37(11,12)26(6,7)8)20(34-21)17-33-36(9,10)25(3,4)5/h16,19-21H,13-15,17H2,1-12H3,(H2,27,28)/t19-,20+,21+/m0/s1. The summed E-state index contributed by atoms with van der Waals surface area (Å²) >= 11 is 0. The van der Waals surface area contributed by atoms with E-state index in [1.807, 2.05) is 6.92 Å². The Morgan fingerprint density at radius 3 is 2.19 bits per heavy atom. The van der Waals surface area contributed by atoms with E-state index in [1.165, 1.54) is 4.57 Å². The van der Waals surface area contributed by atoms with Crippen LogP contribution in [0.5, 0.6) is 0 Å². The zero-order valence-electron chi connectivity index (χ0n) is 25.1. The Hall–Kier alpha value is -1.54. The van der Waals surface area contributed by atoms with E-state index in [0.717, 1.165) is 11.0 Å². The minimum atomic E-state index is -2.14. The van der Waals surface area contributed by atoms with Crippen molar-refractivity contribution in [1.82, 2.24) is 9.13 Å². The highest BCUT2D eigenvalue weighted by Gasteiger charge is 2.47. The van der Waals surface area contributed by atoms with Crippen LogP contribution in [0.1, 0.15) is 73.1 Å². The molecule has 1 aliphatic heterocycles. The van der Waals surface area contributed by atoms with E-state index in [0.29, 0.717) is 25.1 Å². The highest BCUT2D eigenvalue weighted by atomic mass is 28.4. The molecule has 11 heteroatoms. The summed E-state index contributed by atoms with van der Waals surface area (Å²) in [4.78, 5) is 30.5. The van der Waals surface area contributed by atoms with Crippen molar-refractivity contribution in [3.8, 4) is 0 Å². The quantitative estimate of drug-likeness (QED) is 0.286. The molecular weight excluding hydrogens is 504 g/mol. The van der Waals surface area contributed by atoms with Crippen molar-refractivity contribution in [1.29, 1.82) is 0 Å². The van der Waals surface area contributed by atoms with Crippen LogP contribution in [0.15, 0.2) is 20.8 Å². The second-order valence-corrected chi connectivity index (χ2v) is 22.8. The lowest BCUT2D eigenvalue weighted by Crippen LogP contribution is -2.48. The molecule has 2 N–H and O–H groups in total. The lowest BCUT2D eigenvalue weighted by molar-refractivity contribution is -0.0414. The maximum absolute atomic E-state index is 13.5. The molecule has 212 valence electrons. The number of aliphatic imine (C=N–C) groups is 1. The maximum atomic E-state index is 13.5. The van der Waals surface area contributed by atoms with Crippen LogP contribution >= 0.6 is 0 Å². The van der Waals surface area contributed by atoms with Gasteiger partial charge in [0.2, 0.25) is 5.96 Å². The fraction of sp³-hybridized carbons (Fsp3) is 0.808. The molecule has 3 atom stereocenters. The number of rotatable bonds is 8. The molecule has 1 aromatic rings. The number of hydrogen-bond donors (Lipinski definition) is 1.